The average molecular weight is 137 g/mol. The van der Waals surface area contributed by atoms with Gasteiger partial charge in [-0.2, -0.15) is 0 Å². The Labute approximate surface area is 60.1 Å². The first kappa shape index (κ1) is 5.98. The van der Waals surface area contributed by atoms with Gasteiger partial charge in [0, 0.05) is 24.9 Å². The lowest BCUT2D eigenvalue weighted by atomic mass is 10.1. The van der Waals surface area contributed by atoms with Gasteiger partial charge >= 0.3 is 0 Å². The Hall–Kier alpha value is -0.760. The fraction of sp³-hybridized carbons (Fsp3) is 0.500. The molecular formula is C8H11NO. The Kier molecular flexibility index (Phi) is 1.27. The summed E-state index contributed by atoms with van der Waals surface area (Å²) in [4.78, 5) is 0. The van der Waals surface area contributed by atoms with Gasteiger partial charge in [-0.15, -0.1) is 0 Å². The number of aromatic nitrogens is 1. The molecule has 0 amide bonds. The van der Waals surface area contributed by atoms with Crippen LogP contribution in [0.15, 0.2) is 18.3 Å². The van der Waals surface area contributed by atoms with Crippen LogP contribution >= 0.6 is 0 Å². The summed E-state index contributed by atoms with van der Waals surface area (Å²) in [6.07, 6.45) is 3.69. The Bertz CT molecular complexity index is 229. The molecule has 54 valence electrons. The molecule has 2 rings (SSSR count). The lowest BCUT2D eigenvalue weighted by molar-refractivity contribution is 0.143. The quantitative estimate of drug-likeness (QED) is 0.562. The maximum atomic E-state index is 9.26. The van der Waals surface area contributed by atoms with Crippen molar-refractivity contribution in [2.45, 2.75) is 25.5 Å². The second kappa shape index (κ2) is 2.13. The van der Waals surface area contributed by atoms with Gasteiger partial charge in [0.15, 0.2) is 0 Å². The summed E-state index contributed by atoms with van der Waals surface area (Å²) in [5.74, 6) is 0. The van der Waals surface area contributed by atoms with Crippen molar-refractivity contribution in [2.24, 2.45) is 0 Å². The maximum Gasteiger partial charge on any atom is 0.0611 e. The molecule has 1 aliphatic rings. The molecule has 1 atom stereocenters. The Morgan fingerprint density at radius 2 is 2.50 bits per heavy atom. The standard InChI is InChI=1S/C8H11NO/c10-8-3-5-9-4-1-2-7(9)6-8/h1-2,4,8,10H,3,5-6H2/t8-/m0/s1. The molecule has 2 heteroatoms. The fourth-order valence-electron chi connectivity index (χ4n) is 1.48. The molecular weight excluding hydrogens is 126 g/mol. The SMILES string of the molecule is O[C@H]1CCn2cccc2C1. The molecule has 1 N–H and O–H groups in total. The first-order valence-corrected chi connectivity index (χ1v) is 3.68. The van der Waals surface area contributed by atoms with Crippen LogP contribution in [0.1, 0.15) is 12.1 Å². The second-order valence-electron chi connectivity index (χ2n) is 2.84. The van der Waals surface area contributed by atoms with Gasteiger partial charge in [0.2, 0.25) is 0 Å². The molecule has 0 spiro atoms. The van der Waals surface area contributed by atoms with Gasteiger partial charge in [0.05, 0.1) is 6.10 Å². The van der Waals surface area contributed by atoms with Crippen LogP contribution in [-0.4, -0.2) is 15.8 Å². The van der Waals surface area contributed by atoms with E-state index in [0.717, 1.165) is 19.4 Å². The third-order valence-electron chi connectivity index (χ3n) is 2.07. The summed E-state index contributed by atoms with van der Waals surface area (Å²) in [6, 6.07) is 4.11. The van der Waals surface area contributed by atoms with E-state index in [1.54, 1.807) is 0 Å². The third-order valence-corrected chi connectivity index (χ3v) is 2.07. The van der Waals surface area contributed by atoms with E-state index in [0.29, 0.717) is 0 Å². The highest BCUT2D eigenvalue weighted by atomic mass is 16.3. The third kappa shape index (κ3) is 0.847. The summed E-state index contributed by atoms with van der Waals surface area (Å²) < 4.78 is 2.20. The van der Waals surface area contributed by atoms with Gasteiger partial charge in [-0.05, 0) is 18.6 Å². The lowest BCUT2D eigenvalue weighted by Crippen LogP contribution is -2.21. The van der Waals surface area contributed by atoms with Gasteiger partial charge in [0.1, 0.15) is 0 Å². The van der Waals surface area contributed by atoms with E-state index in [-0.39, 0.29) is 6.10 Å². The van der Waals surface area contributed by atoms with Crippen molar-refractivity contribution in [3.05, 3.63) is 24.0 Å². The predicted molar refractivity (Wildman–Crippen MR) is 38.8 cm³/mol. The van der Waals surface area contributed by atoms with Crippen LogP contribution in [0.25, 0.3) is 0 Å². The van der Waals surface area contributed by atoms with Gasteiger partial charge in [-0.1, -0.05) is 0 Å². The van der Waals surface area contributed by atoms with E-state index in [1.165, 1.54) is 5.69 Å². The average Bonchev–Trinajstić information content (AvgIpc) is 2.33. The number of hydrogen-bond acceptors (Lipinski definition) is 1. The van der Waals surface area contributed by atoms with E-state index in [9.17, 15) is 5.11 Å². The van der Waals surface area contributed by atoms with E-state index < -0.39 is 0 Å². The molecule has 0 bridgehead atoms. The number of hydrogen-bond donors (Lipinski definition) is 1. The minimum atomic E-state index is -0.109. The number of aliphatic hydroxyl groups is 1. The lowest BCUT2D eigenvalue weighted by Gasteiger charge is -2.19. The smallest absolute Gasteiger partial charge is 0.0611 e. The van der Waals surface area contributed by atoms with Gasteiger partial charge in [-0.3, -0.25) is 0 Å². The molecule has 0 saturated carbocycles. The zero-order valence-corrected chi connectivity index (χ0v) is 5.83. The molecule has 0 aliphatic carbocycles. The van der Waals surface area contributed by atoms with Crippen molar-refractivity contribution < 1.29 is 5.11 Å². The molecule has 1 aliphatic heterocycles. The molecule has 1 aromatic rings. The van der Waals surface area contributed by atoms with Crippen molar-refractivity contribution in [3.8, 4) is 0 Å². The van der Waals surface area contributed by atoms with Crippen molar-refractivity contribution in [1.29, 1.82) is 0 Å². The van der Waals surface area contributed by atoms with Crippen LogP contribution in [0.5, 0.6) is 0 Å². The Morgan fingerprint density at radius 1 is 1.60 bits per heavy atom. The van der Waals surface area contributed by atoms with Crippen molar-refractivity contribution in [3.63, 3.8) is 0 Å². The molecule has 2 heterocycles. The summed E-state index contributed by atoms with van der Waals surface area (Å²) >= 11 is 0. The predicted octanol–water partition coefficient (Wildman–Crippen LogP) is 0.795. The van der Waals surface area contributed by atoms with Gasteiger partial charge in [0.25, 0.3) is 0 Å². The van der Waals surface area contributed by atoms with Gasteiger partial charge < -0.3 is 9.67 Å². The molecule has 0 saturated heterocycles. The number of fused-ring (bicyclic) bond motifs is 1. The number of aliphatic hydroxyl groups excluding tert-OH is 1. The van der Waals surface area contributed by atoms with Crippen LogP contribution < -0.4 is 0 Å². The number of nitrogens with zero attached hydrogens (tertiary/aromatic N) is 1. The summed E-state index contributed by atoms with van der Waals surface area (Å²) in [5, 5.41) is 9.26. The monoisotopic (exact) mass is 137 g/mol. The number of rotatable bonds is 0. The highest BCUT2D eigenvalue weighted by Crippen LogP contribution is 2.14. The van der Waals surface area contributed by atoms with Crippen LogP contribution in [0.4, 0.5) is 0 Å². The van der Waals surface area contributed by atoms with Crippen LogP contribution in [0, 0.1) is 0 Å². The van der Waals surface area contributed by atoms with Crippen LogP contribution in [-0.2, 0) is 13.0 Å². The summed E-state index contributed by atoms with van der Waals surface area (Å²) in [7, 11) is 0. The molecule has 0 fully saturated rings. The van der Waals surface area contributed by atoms with E-state index in [1.807, 2.05) is 6.07 Å². The highest BCUT2D eigenvalue weighted by molar-refractivity contribution is 5.10. The molecule has 0 aromatic carbocycles. The Morgan fingerprint density at radius 3 is 3.40 bits per heavy atom. The van der Waals surface area contributed by atoms with Crippen molar-refractivity contribution in [2.75, 3.05) is 0 Å². The van der Waals surface area contributed by atoms with Crippen molar-refractivity contribution >= 4 is 0 Å². The topological polar surface area (TPSA) is 25.2 Å². The molecule has 2 nitrogen and oxygen atoms in total. The zero-order chi connectivity index (χ0) is 6.97. The Balaban J connectivity index is 2.30. The molecule has 0 radical (unpaired) electrons. The van der Waals surface area contributed by atoms with Gasteiger partial charge in [-0.25, -0.2) is 0 Å². The first-order chi connectivity index (χ1) is 4.86. The normalized spacial score (nSPS) is 24.3. The number of aryl methyl sites for hydroxylation is 1. The summed E-state index contributed by atoms with van der Waals surface area (Å²) in [6.45, 7) is 0.976. The second-order valence-corrected chi connectivity index (χ2v) is 2.84. The van der Waals surface area contributed by atoms with Crippen LogP contribution in [0.3, 0.4) is 0 Å². The van der Waals surface area contributed by atoms with E-state index >= 15 is 0 Å². The largest absolute Gasteiger partial charge is 0.393 e. The fourth-order valence-corrected chi connectivity index (χ4v) is 1.48. The van der Waals surface area contributed by atoms with E-state index in [4.69, 9.17) is 0 Å². The maximum absolute atomic E-state index is 9.26. The van der Waals surface area contributed by atoms with Crippen LogP contribution in [0.2, 0.25) is 0 Å². The minimum Gasteiger partial charge on any atom is -0.393 e. The molecule has 1 aromatic heterocycles. The highest BCUT2D eigenvalue weighted by Gasteiger charge is 2.14. The molecule has 0 unspecified atom stereocenters. The first-order valence-electron chi connectivity index (χ1n) is 3.68. The molecule has 10 heavy (non-hydrogen) atoms. The van der Waals surface area contributed by atoms with Crippen molar-refractivity contribution in [1.82, 2.24) is 4.57 Å². The van der Waals surface area contributed by atoms with E-state index in [2.05, 4.69) is 16.8 Å². The minimum absolute atomic E-state index is 0.109. The summed E-state index contributed by atoms with van der Waals surface area (Å²) in [5.41, 5.74) is 1.26. The zero-order valence-electron chi connectivity index (χ0n) is 5.83.